The molecule has 6 heteroatoms. The van der Waals surface area contributed by atoms with Crippen molar-refractivity contribution in [2.24, 2.45) is 5.73 Å². The number of benzene rings is 2. The Balaban J connectivity index is 1.84. The molecule has 2 aromatic carbocycles. The van der Waals surface area contributed by atoms with Gasteiger partial charge >= 0.3 is 5.97 Å². The smallest absolute Gasteiger partial charge is 0.331 e. The Bertz CT molecular complexity index is 676. The monoisotopic (exact) mass is 342 g/mol. The molecule has 25 heavy (non-hydrogen) atoms. The average Bonchev–Trinajstić information content (AvgIpc) is 2.65. The lowest BCUT2D eigenvalue weighted by atomic mass is 10.1. The number of esters is 1. The lowest BCUT2D eigenvalue weighted by Crippen LogP contribution is -2.51. The number of carbonyl (C=O) groups is 2. The van der Waals surface area contributed by atoms with Crippen molar-refractivity contribution in [1.29, 1.82) is 0 Å². The zero-order chi connectivity index (χ0) is 18.1. The van der Waals surface area contributed by atoms with Crippen LogP contribution in [0.25, 0.3) is 0 Å². The third kappa shape index (κ3) is 6.02. The number of aliphatic hydroxyl groups is 1. The predicted molar refractivity (Wildman–Crippen MR) is 93.4 cm³/mol. The molecule has 2 rings (SSSR count). The summed E-state index contributed by atoms with van der Waals surface area (Å²) in [6, 6.07) is 16.5. The first-order chi connectivity index (χ1) is 12.1. The zero-order valence-electron chi connectivity index (χ0n) is 13.8. The van der Waals surface area contributed by atoms with Crippen LogP contribution in [0.5, 0.6) is 0 Å². The Kier molecular flexibility index (Phi) is 7.13. The molecule has 0 spiro atoms. The number of hydrogen-bond acceptors (Lipinski definition) is 5. The largest absolute Gasteiger partial charge is 0.459 e. The summed E-state index contributed by atoms with van der Waals surface area (Å²) in [7, 11) is 0. The van der Waals surface area contributed by atoms with Gasteiger partial charge in [-0.05, 0) is 17.5 Å². The van der Waals surface area contributed by atoms with E-state index in [0.29, 0.717) is 6.42 Å². The molecule has 0 heterocycles. The van der Waals surface area contributed by atoms with E-state index in [1.165, 1.54) is 0 Å². The van der Waals surface area contributed by atoms with Gasteiger partial charge in [0.25, 0.3) is 0 Å². The van der Waals surface area contributed by atoms with Crippen LogP contribution in [-0.2, 0) is 27.4 Å². The minimum atomic E-state index is -1.14. The van der Waals surface area contributed by atoms with Gasteiger partial charge in [-0.15, -0.1) is 0 Å². The van der Waals surface area contributed by atoms with E-state index < -0.39 is 30.6 Å². The number of aliphatic hydroxyl groups excluding tert-OH is 1. The van der Waals surface area contributed by atoms with Crippen molar-refractivity contribution in [3.05, 3.63) is 71.8 Å². The van der Waals surface area contributed by atoms with Crippen molar-refractivity contribution < 1.29 is 19.4 Å². The SMILES string of the molecule is N[C@@H](Cc1ccccc1)C(=O)N[C@@H](CO)C(=O)OCc1ccccc1. The lowest BCUT2D eigenvalue weighted by Gasteiger charge is -2.18. The van der Waals surface area contributed by atoms with Gasteiger partial charge in [0.2, 0.25) is 5.91 Å². The first-order valence-electron chi connectivity index (χ1n) is 8.01. The molecule has 0 fully saturated rings. The van der Waals surface area contributed by atoms with Gasteiger partial charge in [0.15, 0.2) is 6.04 Å². The summed E-state index contributed by atoms with van der Waals surface area (Å²) in [6.45, 7) is -0.487. The van der Waals surface area contributed by atoms with Crippen molar-refractivity contribution in [2.45, 2.75) is 25.1 Å². The van der Waals surface area contributed by atoms with Gasteiger partial charge in [0.05, 0.1) is 12.6 Å². The number of nitrogens with two attached hydrogens (primary N) is 1. The van der Waals surface area contributed by atoms with Gasteiger partial charge in [0.1, 0.15) is 6.61 Å². The molecule has 6 nitrogen and oxygen atoms in total. The lowest BCUT2D eigenvalue weighted by molar-refractivity contribution is -0.150. The number of hydrogen-bond donors (Lipinski definition) is 3. The molecule has 0 aliphatic heterocycles. The number of rotatable bonds is 8. The van der Waals surface area contributed by atoms with Crippen LogP contribution in [-0.4, -0.2) is 35.7 Å². The minimum Gasteiger partial charge on any atom is -0.459 e. The van der Waals surface area contributed by atoms with Crippen molar-refractivity contribution in [2.75, 3.05) is 6.61 Å². The second-order valence-electron chi connectivity index (χ2n) is 5.63. The van der Waals surface area contributed by atoms with Gasteiger partial charge in [-0.2, -0.15) is 0 Å². The molecular formula is C19H22N2O4. The Labute approximate surface area is 146 Å². The molecule has 2 atom stereocenters. The molecule has 4 N–H and O–H groups in total. The third-order valence-electron chi connectivity index (χ3n) is 3.64. The maximum absolute atomic E-state index is 12.1. The quantitative estimate of drug-likeness (QED) is 0.615. The molecule has 2 aromatic rings. The van der Waals surface area contributed by atoms with Crippen molar-refractivity contribution in [3.8, 4) is 0 Å². The maximum Gasteiger partial charge on any atom is 0.331 e. The maximum atomic E-state index is 12.1. The summed E-state index contributed by atoms with van der Waals surface area (Å²) in [6.07, 6.45) is 0.337. The number of nitrogens with one attached hydrogen (secondary N) is 1. The summed E-state index contributed by atoms with van der Waals surface area (Å²) >= 11 is 0. The summed E-state index contributed by atoms with van der Waals surface area (Å²) in [5, 5.41) is 11.8. The van der Waals surface area contributed by atoms with Crippen molar-refractivity contribution >= 4 is 11.9 Å². The highest BCUT2D eigenvalue weighted by atomic mass is 16.5. The number of ether oxygens (including phenoxy) is 1. The van der Waals surface area contributed by atoms with Gasteiger partial charge in [-0.1, -0.05) is 60.7 Å². The Morgan fingerprint density at radius 3 is 2.12 bits per heavy atom. The molecule has 0 aliphatic carbocycles. The fourth-order valence-corrected chi connectivity index (χ4v) is 2.25. The summed E-state index contributed by atoms with van der Waals surface area (Å²) in [5.74, 6) is -1.22. The molecule has 0 saturated carbocycles. The molecule has 0 radical (unpaired) electrons. The molecule has 1 amide bonds. The minimum absolute atomic E-state index is 0.0715. The van der Waals surface area contributed by atoms with Crippen LogP contribution in [0.1, 0.15) is 11.1 Å². The van der Waals surface area contributed by atoms with Gasteiger partial charge in [-0.25, -0.2) is 4.79 Å². The van der Waals surface area contributed by atoms with E-state index in [1.807, 2.05) is 60.7 Å². The van der Waals surface area contributed by atoms with Crippen molar-refractivity contribution in [3.63, 3.8) is 0 Å². The van der Waals surface area contributed by atoms with Crippen LogP contribution in [0, 0.1) is 0 Å². The highest BCUT2D eigenvalue weighted by molar-refractivity contribution is 5.87. The van der Waals surface area contributed by atoms with E-state index in [-0.39, 0.29) is 6.61 Å². The fourth-order valence-electron chi connectivity index (χ4n) is 2.25. The Morgan fingerprint density at radius 2 is 1.56 bits per heavy atom. The summed E-state index contributed by atoms with van der Waals surface area (Å²) < 4.78 is 5.13. The third-order valence-corrected chi connectivity index (χ3v) is 3.64. The van der Waals surface area contributed by atoms with E-state index >= 15 is 0 Å². The molecular weight excluding hydrogens is 320 g/mol. The number of carbonyl (C=O) groups excluding carboxylic acids is 2. The van der Waals surface area contributed by atoms with Crippen LogP contribution in [0.15, 0.2) is 60.7 Å². The summed E-state index contributed by atoms with van der Waals surface area (Å²) in [5.41, 5.74) is 7.60. The zero-order valence-corrected chi connectivity index (χ0v) is 13.8. The second-order valence-corrected chi connectivity index (χ2v) is 5.63. The van der Waals surface area contributed by atoms with Crippen molar-refractivity contribution in [1.82, 2.24) is 5.32 Å². The first kappa shape index (κ1) is 18.6. The molecule has 0 aliphatic rings. The van der Waals surface area contributed by atoms with E-state index in [0.717, 1.165) is 11.1 Å². The van der Waals surface area contributed by atoms with Crippen LogP contribution < -0.4 is 11.1 Å². The molecule has 0 unspecified atom stereocenters. The highest BCUT2D eigenvalue weighted by Crippen LogP contribution is 2.04. The predicted octanol–water partition coefficient (Wildman–Crippen LogP) is 0.777. The topological polar surface area (TPSA) is 102 Å². The van der Waals surface area contributed by atoms with Gasteiger partial charge in [-0.3, -0.25) is 4.79 Å². The van der Waals surface area contributed by atoms with E-state index in [9.17, 15) is 14.7 Å². The van der Waals surface area contributed by atoms with Gasteiger partial charge < -0.3 is 20.9 Å². The fraction of sp³-hybridized carbons (Fsp3) is 0.263. The normalized spacial score (nSPS) is 12.9. The van der Waals surface area contributed by atoms with E-state index in [1.54, 1.807) is 0 Å². The molecule has 0 saturated heterocycles. The van der Waals surface area contributed by atoms with Crippen LogP contribution >= 0.6 is 0 Å². The van der Waals surface area contributed by atoms with Crippen LogP contribution in [0.2, 0.25) is 0 Å². The second kappa shape index (κ2) is 9.56. The van der Waals surface area contributed by atoms with Gasteiger partial charge in [0, 0.05) is 0 Å². The number of amides is 1. The van der Waals surface area contributed by atoms with Crippen LogP contribution in [0.3, 0.4) is 0 Å². The van der Waals surface area contributed by atoms with E-state index in [2.05, 4.69) is 5.32 Å². The highest BCUT2D eigenvalue weighted by Gasteiger charge is 2.24. The molecule has 0 aromatic heterocycles. The van der Waals surface area contributed by atoms with E-state index in [4.69, 9.17) is 10.5 Å². The standard InChI is InChI=1S/C19H22N2O4/c20-16(11-14-7-3-1-4-8-14)18(23)21-17(12-22)19(24)25-13-15-9-5-2-6-10-15/h1-10,16-17,22H,11-13,20H2,(H,21,23)/t16-,17-/m0/s1. The first-order valence-corrected chi connectivity index (χ1v) is 8.01. The Hall–Kier alpha value is -2.70. The molecule has 132 valence electrons. The van der Waals surface area contributed by atoms with Crippen LogP contribution in [0.4, 0.5) is 0 Å². The Morgan fingerprint density at radius 1 is 1.00 bits per heavy atom. The average molecular weight is 342 g/mol. The summed E-state index contributed by atoms with van der Waals surface area (Å²) in [4.78, 5) is 24.2. The molecule has 0 bridgehead atoms.